The molecule has 1 unspecified atom stereocenters. The molecule has 0 radical (unpaired) electrons. The number of imide groups is 1. The van der Waals surface area contributed by atoms with Crippen LogP contribution in [-0.4, -0.2) is 49.9 Å². The summed E-state index contributed by atoms with van der Waals surface area (Å²) in [6, 6.07) is 48.6. The molecule has 9 heteroatoms. The van der Waals surface area contributed by atoms with Crippen molar-refractivity contribution in [3.8, 4) is 11.4 Å². The monoisotopic (exact) mass is 706 g/mol. The first-order valence-electron chi connectivity index (χ1n) is 17.1. The SMILES string of the molecule is CC(=NOCCOC1(Cc2ccccc2)SC(=O)N(C(c2ccccc2)(c2ccccc2)c2ccccc2)C1=O)c1[nH]c(-c2ccccc2)nc1C. The van der Waals surface area contributed by atoms with Gasteiger partial charge in [0.15, 0.2) is 0 Å². The highest BCUT2D eigenvalue weighted by Gasteiger charge is 2.61. The van der Waals surface area contributed by atoms with Gasteiger partial charge in [0.05, 0.1) is 18.0 Å². The van der Waals surface area contributed by atoms with Gasteiger partial charge in [-0.3, -0.25) is 14.5 Å². The molecule has 8 nitrogen and oxygen atoms in total. The summed E-state index contributed by atoms with van der Waals surface area (Å²) in [6.07, 6.45) is 0.173. The first-order chi connectivity index (χ1) is 25.4. The van der Waals surface area contributed by atoms with Crippen LogP contribution < -0.4 is 0 Å². The highest BCUT2D eigenvalue weighted by atomic mass is 32.2. The summed E-state index contributed by atoms with van der Waals surface area (Å²) in [5, 5.41) is 3.93. The molecule has 260 valence electrons. The summed E-state index contributed by atoms with van der Waals surface area (Å²) in [4.78, 5) is 43.3. The highest BCUT2D eigenvalue weighted by Crippen LogP contribution is 2.51. The molecule has 1 atom stereocenters. The van der Waals surface area contributed by atoms with Crippen molar-refractivity contribution in [1.29, 1.82) is 0 Å². The maximum atomic E-state index is 15.2. The van der Waals surface area contributed by atoms with Gasteiger partial charge in [-0.05, 0) is 47.9 Å². The van der Waals surface area contributed by atoms with Crippen molar-refractivity contribution in [3.63, 3.8) is 0 Å². The number of aromatic amines is 1. The number of benzene rings is 5. The van der Waals surface area contributed by atoms with Crippen molar-refractivity contribution in [2.75, 3.05) is 13.2 Å². The summed E-state index contributed by atoms with van der Waals surface area (Å²) in [7, 11) is 0. The molecule has 0 spiro atoms. The second-order valence-electron chi connectivity index (χ2n) is 12.5. The summed E-state index contributed by atoms with van der Waals surface area (Å²) < 4.78 is 6.52. The van der Waals surface area contributed by atoms with Gasteiger partial charge in [0.25, 0.3) is 11.1 Å². The molecule has 6 aromatic rings. The van der Waals surface area contributed by atoms with Crippen LogP contribution in [0.1, 0.15) is 40.6 Å². The third-order valence-electron chi connectivity index (χ3n) is 9.16. The van der Waals surface area contributed by atoms with Crippen molar-refractivity contribution in [1.82, 2.24) is 14.9 Å². The number of amides is 2. The lowest BCUT2D eigenvalue weighted by Gasteiger charge is -2.42. The van der Waals surface area contributed by atoms with Crippen LogP contribution in [-0.2, 0) is 26.3 Å². The minimum atomic E-state index is -1.56. The van der Waals surface area contributed by atoms with Crippen LogP contribution in [0, 0.1) is 6.92 Å². The molecule has 0 bridgehead atoms. The summed E-state index contributed by atoms with van der Waals surface area (Å²) in [5.41, 5.74) is 5.09. The molecular formula is C43H38N4O4S. The van der Waals surface area contributed by atoms with Crippen LogP contribution in [0.25, 0.3) is 11.4 Å². The van der Waals surface area contributed by atoms with Gasteiger partial charge >= 0.3 is 0 Å². The lowest BCUT2D eigenvalue weighted by atomic mass is 9.75. The normalized spacial score (nSPS) is 16.3. The van der Waals surface area contributed by atoms with Crippen molar-refractivity contribution in [2.24, 2.45) is 5.16 Å². The lowest BCUT2D eigenvalue weighted by Crippen LogP contribution is -2.54. The molecule has 1 aromatic heterocycles. The Labute approximate surface area is 307 Å². The Morgan fingerprint density at radius 3 is 1.79 bits per heavy atom. The maximum absolute atomic E-state index is 15.2. The third kappa shape index (κ3) is 6.68. The van der Waals surface area contributed by atoms with Crippen molar-refractivity contribution in [2.45, 2.75) is 30.7 Å². The number of imidazole rings is 1. The smallest absolute Gasteiger partial charge is 0.293 e. The summed E-state index contributed by atoms with van der Waals surface area (Å²) in [5.74, 6) is 0.307. The molecule has 5 aromatic carbocycles. The number of hydrogen-bond acceptors (Lipinski definition) is 7. The Morgan fingerprint density at radius 1 is 0.750 bits per heavy atom. The van der Waals surface area contributed by atoms with Crippen LogP contribution in [0.3, 0.4) is 0 Å². The topological polar surface area (TPSA) is 96.9 Å². The zero-order valence-electron chi connectivity index (χ0n) is 28.9. The molecule has 1 aliphatic rings. The number of hydrogen-bond donors (Lipinski definition) is 1. The number of H-pyrrole nitrogens is 1. The van der Waals surface area contributed by atoms with Crippen molar-refractivity contribution < 1.29 is 19.2 Å². The Hall–Kier alpha value is -5.77. The zero-order valence-corrected chi connectivity index (χ0v) is 29.8. The van der Waals surface area contributed by atoms with E-state index in [-0.39, 0.29) is 19.6 Å². The van der Waals surface area contributed by atoms with Gasteiger partial charge in [-0.1, -0.05) is 157 Å². The van der Waals surface area contributed by atoms with Crippen LogP contribution in [0.2, 0.25) is 0 Å². The van der Waals surface area contributed by atoms with E-state index in [1.54, 1.807) is 0 Å². The number of thioether (sulfide) groups is 1. The number of nitrogens with zero attached hydrogens (tertiary/aromatic N) is 3. The van der Waals surface area contributed by atoms with Gasteiger partial charge in [0.1, 0.15) is 23.7 Å². The van der Waals surface area contributed by atoms with Crippen LogP contribution in [0.15, 0.2) is 157 Å². The first-order valence-corrected chi connectivity index (χ1v) is 17.9. The number of rotatable bonds is 13. The van der Waals surface area contributed by atoms with Crippen LogP contribution >= 0.6 is 11.8 Å². The van der Waals surface area contributed by atoms with Gasteiger partial charge in [-0.15, -0.1) is 0 Å². The average molecular weight is 707 g/mol. The Balaban J connectivity index is 1.20. The van der Waals surface area contributed by atoms with E-state index in [2.05, 4.69) is 15.1 Å². The quantitative estimate of drug-likeness (QED) is 0.0559. The van der Waals surface area contributed by atoms with E-state index in [1.807, 2.05) is 166 Å². The van der Waals surface area contributed by atoms with Crippen molar-refractivity contribution in [3.05, 3.63) is 185 Å². The second-order valence-corrected chi connectivity index (χ2v) is 13.7. The van der Waals surface area contributed by atoms with E-state index in [0.717, 1.165) is 56.8 Å². The first kappa shape index (κ1) is 34.7. The van der Waals surface area contributed by atoms with E-state index in [9.17, 15) is 4.79 Å². The Bertz CT molecular complexity index is 2060. The molecule has 1 saturated heterocycles. The van der Waals surface area contributed by atoms with Gasteiger partial charge < -0.3 is 14.6 Å². The van der Waals surface area contributed by atoms with Gasteiger partial charge in [0, 0.05) is 12.0 Å². The van der Waals surface area contributed by atoms with Crippen molar-refractivity contribution >= 4 is 28.6 Å². The second kappa shape index (κ2) is 15.2. The number of nitrogens with one attached hydrogen (secondary N) is 1. The summed E-state index contributed by atoms with van der Waals surface area (Å²) >= 11 is 0.909. The summed E-state index contributed by atoms with van der Waals surface area (Å²) in [6.45, 7) is 3.82. The fourth-order valence-electron chi connectivity index (χ4n) is 6.79. The molecule has 2 heterocycles. The Kier molecular flexibility index (Phi) is 10.2. The van der Waals surface area contributed by atoms with E-state index >= 15 is 4.79 Å². The largest absolute Gasteiger partial charge is 0.393 e. The van der Waals surface area contributed by atoms with Gasteiger partial charge in [-0.25, -0.2) is 4.98 Å². The molecule has 1 aliphatic heterocycles. The minimum Gasteiger partial charge on any atom is -0.393 e. The number of carbonyl (C=O) groups is 2. The van der Waals surface area contributed by atoms with E-state index in [0.29, 0.717) is 5.71 Å². The molecule has 52 heavy (non-hydrogen) atoms. The zero-order chi connectivity index (χ0) is 36.0. The van der Waals surface area contributed by atoms with E-state index in [1.165, 1.54) is 4.90 Å². The lowest BCUT2D eigenvalue weighted by molar-refractivity contribution is -0.146. The number of carbonyl (C=O) groups excluding carboxylic acids is 2. The average Bonchev–Trinajstić information content (AvgIpc) is 3.70. The van der Waals surface area contributed by atoms with Crippen LogP contribution in [0.5, 0.6) is 0 Å². The standard InChI is InChI=1S/C43H38N4O4S/c1-31-38(45-39(44-31)34-20-10-4-11-21-34)32(2)46-51-29-28-50-42(30-33-18-8-3-9-19-33)40(48)47(41(49)52-42)43(35-22-12-5-13-23-35,36-24-14-6-15-25-36)37-26-16-7-17-27-37/h3-27H,28-30H2,1-2H3,(H,44,45). The predicted molar refractivity (Wildman–Crippen MR) is 205 cm³/mol. The molecule has 0 aliphatic carbocycles. The number of aryl methyl sites for hydroxylation is 1. The molecule has 7 rings (SSSR count). The number of aromatic nitrogens is 2. The molecule has 1 fully saturated rings. The molecule has 0 saturated carbocycles. The predicted octanol–water partition coefficient (Wildman–Crippen LogP) is 8.77. The van der Waals surface area contributed by atoms with Gasteiger partial charge in [0.2, 0.25) is 4.93 Å². The minimum absolute atomic E-state index is 0.00963. The molecule has 2 amide bonds. The Morgan fingerprint density at radius 2 is 1.25 bits per heavy atom. The maximum Gasteiger partial charge on any atom is 0.293 e. The fourth-order valence-corrected chi connectivity index (χ4v) is 7.95. The molecule has 1 N–H and O–H groups in total. The van der Waals surface area contributed by atoms with E-state index < -0.39 is 21.6 Å². The van der Waals surface area contributed by atoms with Gasteiger partial charge in [-0.2, -0.15) is 0 Å². The highest BCUT2D eigenvalue weighted by molar-refractivity contribution is 8.15. The van der Waals surface area contributed by atoms with Crippen LogP contribution in [0.4, 0.5) is 4.79 Å². The molecular weight excluding hydrogens is 669 g/mol. The van der Waals surface area contributed by atoms with E-state index in [4.69, 9.17) is 9.57 Å². The third-order valence-corrected chi connectivity index (χ3v) is 10.3. The number of ether oxygens (including phenoxy) is 1. The fraction of sp³-hybridized carbons (Fsp3) is 0.163. The number of oxime groups is 1.